The summed E-state index contributed by atoms with van der Waals surface area (Å²) in [6.07, 6.45) is 5.80. The van der Waals surface area contributed by atoms with Crippen LogP contribution in [0.15, 0.2) is 182 Å². The minimum atomic E-state index is -0.165. The lowest BCUT2D eigenvalue weighted by molar-refractivity contribution is 0.645. The number of fused-ring (bicyclic) bond motifs is 6. The molecule has 0 fully saturated rings. The highest BCUT2D eigenvalue weighted by atomic mass is 15.2. The molecule has 304 valence electrons. The fourth-order valence-electron chi connectivity index (χ4n) is 11.4. The van der Waals surface area contributed by atoms with Crippen molar-refractivity contribution in [2.75, 3.05) is 9.80 Å². The molecule has 64 heavy (non-hydrogen) atoms. The van der Waals surface area contributed by atoms with E-state index in [1.54, 1.807) is 0 Å². The summed E-state index contributed by atoms with van der Waals surface area (Å²) in [6, 6.07) is 63.6. The normalized spacial score (nSPS) is 16.3. The maximum atomic E-state index is 9.81. The van der Waals surface area contributed by atoms with Crippen LogP contribution in [0.1, 0.15) is 67.5 Å². The summed E-state index contributed by atoms with van der Waals surface area (Å²) in [5, 5.41) is 26.8. The standard InChI is InChI=1S/C60H44N4/c1-59(2)51-11-7-5-9-45(51)47-29-25-43(33-53(47)59)63(41-21-13-37(35-61)14-22-41)55-31-19-39-18-28-50-56(32-20-40-17-27-49(55)57(39)58(40)50)64(42-23-15-38(36-62)16-24-42)44-26-30-48-46-10-6-8-12-52(46)60(3,4)54(48)34-44/h5-25,27-34,44H,26H2,1-4H3. The summed E-state index contributed by atoms with van der Waals surface area (Å²) in [5.74, 6) is 0. The van der Waals surface area contributed by atoms with E-state index >= 15 is 0 Å². The molecule has 1 atom stereocenters. The lowest BCUT2D eigenvalue weighted by Crippen LogP contribution is -2.32. The van der Waals surface area contributed by atoms with Crippen molar-refractivity contribution < 1.29 is 0 Å². The minimum Gasteiger partial charge on any atom is -0.334 e. The maximum Gasteiger partial charge on any atom is 0.0991 e. The molecular formula is C60H44N4. The third-order valence-electron chi connectivity index (χ3n) is 14.6. The van der Waals surface area contributed by atoms with Crippen molar-refractivity contribution >= 4 is 66.3 Å². The smallest absolute Gasteiger partial charge is 0.0991 e. The van der Waals surface area contributed by atoms with E-state index in [2.05, 4.69) is 201 Å². The first-order valence-corrected chi connectivity index (χ1v) is 22.2. The number of nitriles is 2. The van der Waals surface area contributed by atoms with Crippen LogP contribution in [-0.4, -0.2) is 6.04 Å². The van der Waals surface area contributed by atoms with Gasteiger partial charge in [-0.3, -0.25) is 0 Å². The van der Waals surface area contributed by atoms with E-state index in [9.17, 15) is 10.5 Å². The highest BCUT2D eigenvalue weighted by Gasteiger charge is 2.41. The number of allylic oxidation sites excluding steroid dienone is 2. The van der Waals surface area contributed by atoms with Gasteiger partial charge in [-0.05, 0) is 145 Å². The molecule has 4 nitrogen and oxygen atoms in total. The largest absolute Gasteiger partial charge is 0.334 e. The Hall–Kier alpha value is -7.92. The summed E-state index contributed by atoms with van der Waals surface area (Å²) in [4.78, 5) is 4.87. The molecule has 4 heteroatoms. The van der Waals surface area contributed by atoms with Gasteiger partial charge in [-0.25, -0.2) is 0 Å². The molecule has 0 aromatic heterocycles. The molecular weight excluding hydrogens is 777 g/mol. The topological polar surface area (TPSA) is 54.1 Å². The average Bonchev–Trinajstić information content (AvgIpc) is 3.71. The Morgan fingerprint density at radius 2 is 1.03 bits per heavy atom. The third-order valence-corrected chi connectivity index (χ3v) is 14.6. The van der Waals surface area contributed by atoms with Crippen LogP contribution >= 0.6 is 0 Å². The van der Waals surface area contributed by atoms with Crippen molar-refractivity contribution in [2.45, 2.75) is 51.0 Å². The molecule has 0 radical (unpaired) electrons. The van der Waals surface area contributed by atoms with Crippen molar-refractivity contribution in [3.05, 3.63) is 215 Å². The zero-order valence-corrected chi connectivity index (χ0v) is 36.3. The number of anilines is 5. The predicted molar refractivity (Wildman–Crippen MR) is 264 cm³/mol. The molecule has 0 amide bonds. The van der Waals surface area contributed by atoms with Crippen LogP contribution in [-0.2, 0) is 10.8 Å². The first kappa shape index (κ1) is 37.8. The van der Waals surface area contributed by atoms with E-state index in [0.717, 1.165) is 40.2 Å². The highest BCUT2D eigenvalue weighted by Crippen LogP contribution is 2.54. The Labute approximate surface area is 374 Å². The Morgan fingerprint density at radius 3 is 1.69 bits per heavy atom. The minimum absolute atomic E-state index is 0.0383. The van der Waals surface area contributed by atoms with Crippen LogP contribution in [0.4, 0.5) is 28.4 Å². The number of hydrogen-bond donors (Lipinski definition) is 0. The van der Waals surface area contributed by atoms with E-state index in [1.807, 2.05) is 24.3 Å². The van der Waals surface area contributed by atoms with E-state index < -0.39 is 0 Å². The number of benzene rings is 9. The molecule has 0 saturated heterocycles. The van der Waals surface area contributed by atoms with Gasteiger partial charge in [0, 0.05) is 44.4 Å². The zero-order valence-electron chi connectivity index (χ0n) is 36.3. The molecule has 9 aromatic carbocycles. The Bertz CT molecular complexity index is 3550. The number of rotatable bonds is 6. The summed E-state index contributed by atoms with van der Waals surface area (Å²) in [5.41, 5.74) is 17.0. The molecule has 12 rings (SSSR count). The lowest BCUT2D eigenvalue weighted by Gasteiger charge is -2.36. The van der Waals surface area contributed by atoms with Crippen molar-refractivity contribution in [1.29, 1.82) is 10.5 Å². The number of nitrogens with zero attached hydrogens (tertiary/aromatic N) is 4. The molecule has 1 unspecified atom stereocenters. The average molecular weight is 821 g/mol. The molecule has 9 aromatic rings. The van der Waals surface area contributed by atoms with Crippen molar-refractivity contribution in [3.63, 3.8) is 0 Å². The Kier molecular flexibility index (Phi) is 8.15. The second-order valence-corrected chi connectivity index (χ2v) is 18.7. The summed E-state index contributed by atoms with van der Waals surface area (Å²) < 4.78 is 0. The van der Waals surface area contributed by atoms with Gasteiger partial charge in [0.2, 0.25) is 0 Å². The van der Waals surface area contributed by atoms with Crippen LogP contribution < -0.4 is 9.80 Å². The highest BCUT2D eigenvalue weighted by molar-refractivity contribution is 6.28. The van der Waals surface area contributed by atoms with Gasteiger partial charge in [0.05, 0.1) is 35.0 Å². The molecule has 3 aliphatic carbocycles. The molecule has 0 saturated carbocycles. The second-order valence-electron chi connectivity index (χ2n) is 18.7. The summed E-state index contributed by atoms with van der Waals surface area (Å²) in [7, 11) is 0. The molecule has 0 aliphatic heterocycles. The fourth-order valence-corrected chi connectivity index (χ4v) is 11.4. The van der Waals surface area contributed by atoms with E-state index in [0.29, 0.717) is 11.1 Å². The van der Waals surface area contributed by atoms with E-state index in [-0.39, 0.29) is 16.9 Å². The van der Waals surface area contributed by atoms with Gasteiger partial charge in [-0.2, -0.15) is 10.5 Å². The Morgan fingerprint density at radius 1 is 0.500 bits per heavy atom. The second kappa shape index (κ2) is 13.8. The first-order valence-electron chi connectivity index (χ1n) is 22.2. The van der Waals surface area contributed by atoms with Crippen molar-refractivity contribution in [1.82, 2.24) is 0 Å². The lowest BCUT2D eigenvalue weighted by atomic mass is 9.79. The maximum absolute atomic E-state index is 9.81. The molecule has 0 bridgehead atoms. The van der Waals surface area contributed by atoms with Gasteiger partial charge < -0.3 is 9.80 Å². The van der Waals surface area contributed by atoms with Crippen LogP contribution in [0.25, 0.3) is 49.0 Å². The molecule has 0 heterocycles. The van der Waals surface area contributed by atoms with Crippen LogP contribution in [0.2, 0.25) is 0 Å². The SMILES string of the molecule is CC1(C)C2=CC(N(c3ccc(C#N)cc3)c3ccc4ccc5c(N(c6ccc(C#N)cc6)c6ccc7c(c6)C(C)(C)c6ccccc6-7)ccc6ccc3c4c65)CC=C2c2ccccc21. The van der Waals surface area contributed by atoms with E-state index in [4.69, 9.17) is 0 Å². The van der Waals surface area contributed by atoms with E-state index in [1.165, 1.54) is 71.5 Å². The first-order chi connectivity index (χ1) is 31.1. The van der Waals surface area contributed by atoms with Crippen molar-refractivity contribution in [2.24, 2.45) is 0 Å². The van der Waals surface area contributed by atoms with Gasteiger partial charge in [-0.1, -0.05) is 131 Å². The summed E-state index contributed by atoms with van der Waals surface area (Å²) in [6.45, 7) is 9.36. The molecule has 0 spiro atoms. The van der Waals surface area contributed by atoms with Gasteiger partial charge in [0.1, 0.15) is 0 Å². The third kappa shape index (κ3) is 5.39. The summed E-state index contributed by atoms with van der Waals surface area (Å²) >= 11 is 0. The van der Waals surface area contributed by atoms with Crippen molar-refractivity contribution in [3.8, 4) is 23.3 Å². The molecule has 3 aliphatic rings. The van der Waals surface area contributed by atoms with Gasteiger partial charge >= 0.3 is 0 Å². The monoisotopic (exact) mass is 820 g/mol. The Balaban J connectivity index is 1.06. The fraction of sp³-hybridized carbons (Fsp3) is 0.133. The predicted octanol–water partition coefficient (Wildman–Crippen LogP) is 15.3. The van der Waals surface area contributed by atoms with Gasteiger partial charge in [-0.15, -0.1) is 0 Å². The quantitative estimate of drug-likeness (QED) is 0.157. The molecule has 0 N–H and O–H groups in total. The van der Waals surface area contributed by atoms with Gasteiger partial charge in [0.25, 0.3) is 0 Å². The van der Waals surface area contributed by atoms with Crippen LogP contribution in [0.3, 0.4) is 0 Å². The van der Waals surface area contributed by atoms with Crippen LogP contribution in [0.5, 0.6) is 0 Å². The van der Waals surface area contributed by atoms with Crippen LogP contribution in [0, 0.1) is 22.7 Å². The number of hydrogen-bond acceptors (Lipinski definition) is 4. The van der Waals surface area contributed by atoms with Gasteiger partial charge in [0.15, 0.2) is 0 Å². The zero-order chi connectivity index (χ0) is 43.5.